The fourth-order valence-corrected chi connectivity index (χ4v) is 5.26. The second-order valence-electron chi connectivity index (χ2n) is 8.80. The summed E-state index contributed by atoms with van der Waals surface area (Å²) in [5, 5.41) is -0.194. The van der Waals surface area contributed by atoms with Crippen LogP contribution in [0.5, 0.6) is 0 Å². The molecular weight excluding hydrogens is 349 g/mol. The van der Waals surface area contributed by atoms with E-state index in [1.54, 1.807) is 0 Å². The molecule has 0 spiro atoms. The predicted octanol–water partition coefficient (Wildman–Crippen LogP) is 6.79. The van der Waals surface area contributed by atoms with Crippen LogP contribution in [0.4, 0.5) is 0 Å². The van der Waals surface area contributed by atoms with Crippen molar-refractivity contribution in [2.45, 2.75) is 45.9 Å². The monoisotopic (exact) mass is 379 g/mol. The third kappa shape index (κ3) is 3.33. The van der Waals surface area contributed by atoms with E-state index < -0.39 is 0 Å². The van der Waals surface area contributed by atoms with Crippen molar-refractivity contribution in [3.8, 4) is 22.4 Å². The average molecular weight is 379 g/mol. The van der Waals surface area contributed by atoms with Crippen molar-refractivity contribution in [2.24, 2.45) is 17.8 Å². The number of rotatable bonds is 5. The third-order valence-electron chi connectivity index (χ3n) is 7.29. The van der Waals surface area contributed by atoms with Gasteiger partial charge in [-0.05, 0) is 52.7 Å². The smallest absolute Gasteiger partial charge is 0.0818 e. The molecule has 1 aliphatic rings. The van der Waals surface area contributed by atoms with Gasteiger partial charge in [-0.1, -0.05) is 88.2 Å². The Balaban J connectivity index is 1.58. The fourth-order valence-electron chi connectivity index (χ4n) is 5.26. The van der Waals surface area contributed by atoms with Gasteiger partial charge in [0.1, 0.15) is 0 Å². The van der Waals surface area contributed by atoms with Gasteiger partial charge in [-0.2, -0.15) is 0 Å². The summed E-state index contributed by atoms with van der Waals surface area (Å²) in [5.74, 6) is 1.78. The molecule has 2 aromatic carbocycles. The SMILES string of the molecule is [B]C1(c2ccc(-c3ccc(-c4ccccc4C)nc3)cc2)C(C)C(C)C1CCC. The molecule has 0 N–H and O–H groups in total. The van der Waals surface area contributed by atoms with E-state index in [-0.39, 0.29) is 5.31 Å². The van der Waals surface area contributed by atoms with E-state index in [4.69, 9.17) is 12.8 Å². The van der Waals surface area contributed by atoms with Crippen LogP contribution in [0.3, 0.4) is 0 Å². The van der Waals surface area contributed by atoms with E-state index in [0.29, 0.717) is 17.8 Å². The van der Waals surface area contributed by atoms with E-state index in [0.717, 1.165) is 11.3 Å². The zero-order valence-electron chi connectivity index (χ0n) is 18.0. The molecule has 0 saturated heterocycles. The van der Waals surface area contributed by atoms with Crippen LogP contribution in [-0.2, 0) is 5.31 Å². The highest BCUT2D eigenvalue weighted by molar-refractivity contribution is 6.17. The highest BCUT2D eigenvalue weighted by atomic mass is 14.7. The molecule has 146 valence electrons. The molecule has 1 saturated carbocycles. The summed E-state index contributed by atoms with van der Waals surface area (Å²) in [6.45, 7) is 9.04. The lowest BCUT2D eigenvalue weighted by molar-refractivity contribution is 0.0183. The van der Waals surface area contributed by atoms with Gasteiger partial charge in [0.05, 0.1) is 13.5 Å². The lowest BCUT2D eigenvalue weighted by Crippen LogP contribution is -2.58. The van der Waals surface area contributed by atoms with Crippen molar-refractivity contribution in [2.75, 3.05) is 0 Å². The highest BCUT2D eigenvalue weighted by Gasteiger charge is 2.53. The number of nitrogens with zero attached hydrogens (tertiary/aromatic N) is 1. The molecule has 1 fully saturated rings. The van der Waals surface area contributed by atoms with Crippen LogP contribution in [0.15, 0.2) is 66.9 Å². The summed E-state index contributed by atoms with van der Waals surface area (Å²) in [7, 11) is 6.96. The van der Waals surface area contributed by atoms with Gasteiger partial charge in [0, 0.05) is 17.3 Å². The van der Waals surface area contributed by atoms with Gasteiger partial charge in [-0.15, -0.1) is 0 Å². The Bertz CT molecular complexity index is 976. The maximum Gasteiger partial charge on any atom is 0.0818 e. The Labute approximate surface area is 177 Å². The van der Waals surface area contributed by atoms with Crippen LogP contribution < -0.4 is 0 Å². The molecule has 4 atom stereocenters. The number of benzene rings is 2. The summed E-state index contributed by atoms with van der Waals surface area (Å²) in [6.07, 6.45) is 4.37. The quantitative estimate of drug-likeness (QED) is 0.445. The van der Waals surface area contributed by atoms with Gasteiger partial charge >= 0.3 is 0 Å². The molecule has 0 bridgehead atoms. The molecule has 0 aliphatic heterocycles. The highest BCUT2D eigenvalue weighted by Crippen LogP contribution is 2.56. The Kier molecular flexibility index (Phi) is 5.38. The Morgan fingerprint density at radius 1 is 0.931 bits per heavy atom. The summed E-state index contributed by atoms with van der Waals surface area (Å²) in [4.78, 5) is 4.72. The average Bonchev–Trinajstić information content (AvgIpc) is 2.77. The van der Waals surface area contributed by atoms with Crippen molar-refractivity contribution in [3.63, 3.8) is 0 Å². The molecule has 1 aromatic heterocycles. The van der Waals surface area contributed by atoms with Gasteiger partial charge < -0.3 is 0 Å². The Hall–Kier alpha value is -2.35. The van der Waals surface area contributed by atoms with Crippen LogP contribution in [0.1, 0.15) is 44.7 Å². The van der Waals surface area contributed by atoms with Crippen molar-refractivity contribution >= 4 is 7.85 Å². The van der Waals surface area contributed by atoms with Gasteiger partial charge in [-0.3, -0.25) is 4.98 Å². The number of pyridine rings is 1. The summed E-state index contributed by atoms with van der Waals surface area (Å²) < 4.78 is 0. The predicted molar refractivity (Wildman–Crippen MR) is 124 cm³/mol. The topological polar surface area (TPSA) is 12.9 Å². The van der Waals surface area contributed by atoms with E-state index >= 15 is 0 Å². The van der Waals surface area contributed by atoms with Crippen molar-refractivity contribution in [1.82, 2.24) is 4.98 Å². The second-order valence-corrected chi connectivity index (χ2v) is 8.80. The molecular formula is C27H30BN. The van der Waals surface area contributed by atoms with Crippen LogP contribution in [0.25, 0.3) is 22.4 Å². The first kappa shape index (κ1) is 19.9. The minimum absolute atomic E-state index is 0.194. The minimum Gasteiger partial charge on any atom is -0.256 e. The van der Waals surface area contributed by atoms with Crippen LogP contribution in [0.2, 0.25) is 0 Å². The lowest BCUT2D eigenvalue weighted by Gasteiger charge is -2.60. The Morgan fingerprint density at radius 3 is 2.24 bits per heavy atom. The van der Waals surface area contributed by atoms with E-state index in [1.807, 2.05) is 6.20 Å². The van der Waals surface area contributed by atoms with Crippen molar-refractivity contribution < 1.29 is 0 Å². The first-order valence-corrected chi connectivity index (χ1v) is 10.9. The van der Waals surface area contributed by atoms with Gasteiger partial charge in [0.15, 0.2) is 0 Å². The molecule has 1 nitrogen and oxygen atoms in total. The molecule has 4 rings (SSSR count). The molecule has 2 radical (unpaired) electrons. The van der Waals surface area contributed by atoms with Gasteiger partial charge in [-0.25, -0.2) is 0 Å². The molecule has 4 unspecified atom stereocenters. The third-order valence-corrected chi connectivity index (χ3v) is 7.29. The number of aromatic nitrogens is 1. The first-order valence-electron chi connectivity index (χ1n) is 10.9. The number of hydrogen-bond donors (Lipinski definition) is 0. The molecule has 29 heavy (non-hydrogen) atoms. The molecule has 0 amide bonds. The van der Waals surface area contributed by atoms with Crippen LogP contribution in [-0.4, -0.2) is 12.8 Å². The zero-order chi connectivity index (χ0) is 20.6. The maximum absolute atomic E-state index is 6.96. The largest absolute Gasteiger partial charge is 0.256 e. The Morgan fingerprint density at radius 2 is 1.62 bits per heavy atom. The van der Waals surface area contributed by atoms with E-state index in [2.05, 4.69) is 88.4 Å². The zero-order valence-corrected chi connectivity index (χ0v) is 18.0. The van der Waals surface area contributed by atoms with Crippen LogP contribution >= 0.6 is 0 Å². The second kappa shape index (κ2) is 7.82. The maximum atomic E-state index is 6.96. The molecule has 3 aromatic rings. The van der Waals surface area contributed by atoms with Crippen molar-refractivity contribution in [1.29, 1.82) is 0 Å². The van der Waals surface area contributed by atoms with Crippen LogP contribution in [0, 0.1) is 24.7 Å². The minimum atomic E-state index is -0.194. The number of hydrogen-bond acceptors (Lipinski definition) is 1. The standard InChI is InChI=1S/C27H30BN/c1-5-8-25-19(3)20(4)27(25,28)23-14-11-21(12-15-23)22-13-16-26(29-17-22)24-10-7-6-9-18(24)2/h6-7,9-17,19-20,25H,5,8H2,1-4H3. The fraction of sp³-hybridized carbons (Fsp3) is 0.370. The first-order chi connectivity index (χ1) is 14.0. The summed E-state index contributed by atoms with van der Waals surface area (Å²) >= 11 is 0. The normalized spacial score (nSPS) is 26.1. The van der Waals surface area contributed by atoms with E-state index in [9.17, 15) is 0 Å². The van der Waals surface area contributed by atoms with Gasteiger partial charge in [0.2, 0.25) is 0 Å². The summed E-state index contributed by atoms with van der Waals surface area (Å²) in [6, 6.07) is 21.5. The molecule has 1 aliphatic carbocycles. The lowest BCUT2D eigenvalue weighted by atomic mass is 9.36. The molecule has 2 heteroatoms. The number of aryl methyl sites for hydroxylation is 1. The molecule has 1 heterocycles. The van der Waals surface area contributed by atoms with Gasteiger partial charge in [0.25, 0.3) is 0 Å². The van der Waals surface area contributed by atoms with Crippen molar-refractivity contribution in [3.05, 3.63) is 78.0 Å². The van der Waals surface area contributed by atoms with E-state index in [1.165, 1.54) is 35.1 Å². The summed E-state index contributed by atoms with van der Waals surface area (Å²) in [5.41, 5.74) is 7.05.